The van der Waals surface area contributed by atoms with E-state index in [2.05, 4.69) is 11.8 Å². The van der Waals surface area contributed by atoms with Crippen LogP contribution in [0.15, 0.2) is 0 Å². The van der Waals surface area contributed by atoms with E-state index >= 15 is 0 Å². The predicted octanol–water partition coefficient (Wildman–Crippen LogP) is 1.75. The normalized spacial score (nSPS) is 31.6. The van der Waals surface area contributed by atoms with Gasteiger partial charge in [0.1, 0.15) is 0 Å². The largest absolute Gasteiger partial charge is 0.394 e. The average molecular weight is 241 g/mol. The van der Waals surface area contributed by atoms with Crippen LogP contribution in [0.4, 0.5) is 0 Å². The van der Waals surface area contributed by atoms with Gasteiger partial charge in [0.15, 0.2) is 0 Å². The Labute approximate surface area is 105 Å². The number of aliphatic hydroxyl groups excluding tert-OH is 1. The molecule has 2 saturated carbocycles. The van der Waals surface area contributed by atoms with Gasteiger partial charge in [-0.3, -0.25) is 0 Å². The molecule has 2 aliphatic carbocycles. The van der Waals surface area contributed by atoms with Gasteiger partial charge in [-0.15, -0.1) is 0 Å². The fourth-order valence-corrected chi connectivity index (χ4v) is 3.67. The van der Waals surface area contributed by atoms with Gasteiger partial charge in [-0.05, 0) is 43.6 Å². The summed E-state index contributed by atoms with van der Waals surface area (Å²) in [5.74, 6) is 3.02. The molecule has 1 N–H and O–H groups in total. The number of nitrogens with zero attached hydrogens (tertiary/aromatic N) is 1. The molecule has 0 aromatic carbocycles. The van der Waals surface area contributed by atoms with Crippen LogP contribution in [-0.4, -0.2) is 49.5 Å². The molecule has 3 heteroatoms. The predicted molar refractivity (Wildman–Crippen MR) is 69.0 cm³/mol. The van der Waals surface area contributed by atoms with Gasteiger partial charge in [0.25, 0.3) is 0 Å². The highest BCUT2D eigenvalue weighted by atomic mass is 16.5. The molecule has 2 rings (SSSR count). The van der Waals surface area contributed by atoms with Gasteiger partial charge in [0, 0.05) is 13.1 Å². The molecule has 3 unspecified atom stereocenters. The lowest BCUT2D eigenvalue weighted by Crippen LogP contribution is -2.34. The van der Waals surface area contributed by atoms with Gasteiger partial charge < -0.3 is 14.7 Å². The molecule has 3 nitrogen and oxygen atoms in total. The molecule has 0 radical (unpaired) electrons. The van der Waals surface area contributed by atoms with E-state index in [0.29, 0.717) is 6.61 Å². The fraction of sp³-hybridized carbons (Fsp3) is 1.00. The molecule has 0 heterocycles. The summed E-state index contributed by atoms with van der Waals surface area (Å²) in [5.41, 5.74) is 0. The van der Waals surface area contributed by atoms with Crippen LogP contribution in [-0.2, 0) is 4.74 Å². The Bertz CT molecular complexity index is 222. The van der Waals surface area contributed by atoms with Crippen LogP contribution in [0.2, 0.25) is 0 Å². The summed E-state index contributed by atoms with van der Waals surface area (Å²) in [6, 6.07) is 0. The van der Waals surface area contributed by atoms with Gasteiger partial charge in [-0.1, -0.05) is 13.3 Å². The van der Waals surface area contributed by atoms with Crippen LogP contribution in [0, 0.1) is 17.8 Å². The van der Waals surface area contributed by atoms with Crippen LogP contribution >= 0.6 is 0 Å². The fourth-order valence-electron chi connectivity index (χ4n) is 3.67. The number of likely N-dealkylation sites (N-methyl/N-ethyl adjacent to an activating group) is 1. The Morgan fingerprint density at radius 3 is 2.71 bits per heavy atom. The van der Waals surface area contributed by atoms with E-state index in [1.54, 1.807) is 0 Å². The average Bonchev–Trinajstić information content (AvgIpc) is 2.95. The van der Waals surface area contributed by atoms with E-state index in [1.807, 2.05) is 0 Å². The van der Waals surface area contributed by atoms with E-state index in [1.165, 1.54) is 32.2 Å². The van der Waals surface area contributed by atoms with Gasteiger partial charge in [-0.2, -0.15) is 0 Å². The third-order valence-electron chi connectivity index (χ3n) is 4.61. The molecular formula is C14H27NO2. The molecule has 0 aromatic rings. The zero-order chi connectivity index (χ0) is 12.1. The van der Waals surface area contributed by atoms with Crippen molar-refractivity contribution in [2.45, 2.75) is 32.6 Å². The number of fused-ring (bicyclic) bond motifs is 2. The van der Waals surface area contributed by atoms with Crippen molar-refractivity contribution in [3.63, 3.8) is 0 Å². The van der Waals surface area contributed by atoms with Gasteiger partial charge in [0.05, 0.1) is 19.8 Å². The second-order valence-electron chi connectivity index (χ2n) is 5.66. The Hall–Kier alpha value is -0.120. The highest BCUT2D eigenvalue weighted by Gasteiger charge is 2.39. The SMILES string of the molecule is CCN(CCOCCO)CC1CC2CCC1C2. The number of aliphatic hydroxyl groups is 1. The quantitative estimate of drug-likeness (QED) is 0.657. The smallest absolute Gasteiger partial charge is 0.0698 e. The van der Waals surface area contributed by atoms with E-state index in [4.69, 9.17) is 9.84 Å². The standard InChI is InChI=1S/C14H27NO2/c1-2-15(5-7-17-8-6-16)11-14-10-12-3-4-13(14)9-12/h12-14,16H,2-11H2,1H3. The Kier molecular flexibility index (Phi) is 5.26. The van der Waals surface area contributed by atoms with Crippen molar-refractivity contribution < 1.29 is 9.84 Å². The number of ether oxygens (including phenoxy) is 1. The van der Waals surface area contributed by atoms with Crippen LogP contribution < -0.4 is 0 Å². The van der Waals surface area contributed by atoms with Crippen LogP contribution in [0.25, 0.3) is 0 Å². The molecule has 17 heavy (non-hydrogen) atoms. The lowest BCUT2D eigenvalue weighted by atomic mass is 9.88. The van der Waals surface area contributed by atoms with Crippen LogP contribution in [0.3, 0.4) is 0 Å². The van der Waals surface area contributed by atoms with Crippen molar-refractivity contribution in [2.24, 2.45) is 17.8 Å². The molecule has 2 fully saturated rings. The van der Waals surface area contributed by atoms with Gasteiger partial charge in [-0.25, -0.2) is 0 Å². The first-order valence-electron chi connectivity index (χ1n) is 7.24. The van der Waals surface area contributed by atoms with E-state index in [-0.39, 0.29) is 6.61 Å². The molecule has 0 saturated heterocycles. The summed E-state index contributed by atoms with van der Waals surface area (Å²) < 4.78 is 5.35. The molecule has 2 bridgehead atoms. The zero-order valence-electron chi connectivity index (χ0n) is 11.1. The van der Waals surface area contributed by atoms with Crippen molar-refractivity contribution in [1.82, 2.24) is 4.90 Å². The molecule has 3 atom stereocenters. The van der Waals surface area contributed by atoms with Crippen molar-refractivity contribution in [3.8, 4) is 0 Å². The summed E-state index contributed by atoms with van der Waals surface area (Å²) in [7, 11) is 0. The molecule has 100 valence electrons. The third-order valence-corrected chi connectivity index (χ3v) is 4.61. The molecule has 0 spiro atoms. The maximum atomic E-state index is 8.65. The summed E-state index contributed by atoms with van der Waals surface area (Å²) in [4.78, 5) is 2.52. The van der Waals surface area contributed by atoms with Gasteiger partial charge in [0.2, 0.25) is 0 Å². The van der Waals surface area contributed by atoms with Crippen molar-refractivity contribution in [2.75, 3.05) is 39.5 Å². The Morgan fingerprint density at radius 1 is 1.24 bits per heavy atom. The Morgan fingerprint density at radius 2 is 2.12 bits per heavy atom. The molecule has 0 aliphatic heterocycles. The second kappa shape index (κ2) is 6.72. The topological polar surface area (TPSA) is 32.7 Å². The molecule has 0 aromatic heterocycles. The highest BCUT2D eigenvalue weighted by molar-refractivity contribution is 4.91. The highest BCUT2D eigenvalue weighted by Crippen LogP contribution is 2.48. The number of rotatable bonds is 8. The minimum absolute atomic E-state index is 0.137. The second-order valence-corrected chi connectivity index (χ2v) is 5.66. The first-order valence-corrected chi connectivity index (χ1v) is 7.24. The molecule has 2 aliphatic rings. The maximum Gasteiger partial charge on any atom is 0.0698 e. The minimum atomic E-state index is 0.137. The van der Waals surface area contributed by atoms with Crippen LogP contribution in [0.5, 0.6) is 0 Å². The third kappa shape index (κ3) is 3.67. The molecule has 0 amide bonds. The first-order chi connectivity index (χ1) is 8.33. The maximum absolute atomic E-state index is 8.65. The lowest BCUT2D eigenvalue weighted by Gasteiger charge is -2.29. The van der Waals surface area contributed by atoms with Crippen molar-refractivity contribution >= 4 is 0 Å². The summed E-state index contributed by atoms with van der Waals surface area (Å²) in [6.07, 6.45) is 5.95. The van der Waals surface area contributed by atoms with Crippen LogP contribution in [0.1, 0.15) is 32.6 Å². The monoisotopic (exact) mass is 241 g/mol. The lowest BCUT2D eigenvalue weighted by molar-refractivity contribution is 0.0686. The van der Waals surface area contributed by atoms with E-state index in [9.17, 15) is 0 Å². The van der Waals surface area contributed by atoms with E-state index in [0.717, 1.165) is 37.5 Å². The van der Waals surface area contributed by atoms with Crippen molar-refractivity contribution in [3.05, 3.63) is 0 Å². The van der Waals surface area contributed by atoms with E-state index < -0.39 is 0 Å². The molecular weight excluding hydrogens is 214 g/mol. The number of hydrogen-bond acceptors (Lipinski definition) is 3. The van der Waals surface area contributed by atoms with Crippen molar-refractivity contribution in [1.29, 1.82) is 0 Å². The Balaban J connectivity index is 1.65. The van der Waals surface area contributed by atoms with Gasteiger partial charge >= 0.3 is 0 Å². The summed E-state index contributed by atoms with van der Waals surface area (Å²) >= 11 is 0. The summed E-state index contributed by atoms with van der Waals surface area (Å²) in [6.45, 7) is 7.01. The minimum Gasteiger partial charge on any atom is -0.394 e. The zero-order valence-corrected chi connectivity index (χ0v) is 11.1. The summed E-state index contributed by atoms with van der Waals surface area (Å²) in [5, 5.41) is 8.65. The number of hydrogen-bond donors (Lipinski definition) is 1. The first kappa shape index (κ1) is 13.3.